The van der Waals surface area contributed by atoms with Gasteiger partial charge in [-0.3, -0.25) is 9.48 Å². The molecule has 1 saturated heterocycles. The van der Waals surface area contributed by atoms with E-state index in [-0.39, 0.29) is 24.4 Å². The zero-order valence-corrected chi connectivity index (χ0v) is 15.0. The minimum absolute atomic E-state index is 0. The van der Waals surface area contributed by atoms with Crippen molar-refractivity contribution in [3.63, 3.8) is 0 Å². The fourth-order valence-corrected chi connectivity index (χ4v) is 3.85. The van der Waals surface area contributed by atoms with Crippen molar-refractivity contribution in [3.8, 4) is 0 Å². The molecule has 0 aromatic carbocycles. The molecular formula is C17H29ClN4O. The van der Waals surface area contributed by atoms with Crippen LogP contribution in [-0.2, 0) is 0 Å². The predicted molar refractivity (Wildman–Crippen MR) is 94.2 cm³/mol. The van der Waals surface area contributed by atoms with E-state index in [9.17, 15) is 4.79 Å². The van der Waals surface area contributed by atoms with Gasteiger partial charge in [0.1, 0.15) is 5.69 Å². The van der Waals surface area contributed by atoms with Crippen LogP contribution in [0.15, 0.2) is 12.3 Å². The Morgan fingerprint density at radius 2 is 2.04 bits per heavy atom. The number of rotatable bonds is 4. The lowest BCUT2D eigenvalue weighted by molar-refractivity contribution is 0.0605. The second-order valence-corrected chi connectivity index (χ2v) is 6.93. The molecule has 1 atom stereocenters. The highest BCUT2D eigenvalue weighted by Gasteiger charge is 2.30. The van der Waals surface area contributed by atoms with Gasteiger partial charge in [-0.2, -0.15) is 5.10 Å². The third kappa shape index (κ3) is 4.07. The van der Waals surface area contributed by atoms with Gasteiger partial charge in [0.05, 0.1) is 6.04 Å². The van der Waals surface area contributed by atoms with Crippen LogP contribution in [0, 0.1) is 0 Å². The normalized spacial score (nSPS) is 22.1. The molecule has 1 unspecified atom stereocenters. The first-order valence-corrected chi connectivity index (χ1v) is 8.75. The van der Waals surface area contributed by atoms with E-state index in [4.69, 9.17) is 0 Å². The van der Waals surface area contributed by atoms with Crippen molar-refractivity contribution in [2.24, 2.45) is 0 Å². The van der Waals surface area contributed by atoms with Gasteiger partial charge in [-0.25, -0.2) is 0 Å². The Kier molecular flexibility index (Phi) is 6.48. The summed E-state index contributed by atoms with van der Waals surface area (Å²) < 4.78 is 1.98. The SMILES string of the molecule is CC(C)N(C(=O)c1ccn(C2CCCNC2)n1)C1CCCC1.Cl. The Bertz CT molecular complexity index is 504. The molecule has 1 saturated carbocycles. The number of halogens is 1. The summed E-state index contributed by atoms with van der Waals surface area (Å²) in [5, 5.41) is 8.00. The van der Waals surface area contributed by atoms with Gasteiger partial charge in [0.15, 0.2) is 0 Å². The van der Waals surface area contributed by atoms with Crippen LogP contribution in [0.1, 0.15) is 68.9 Å². The van der Waals surface area contributed by atoms with Gasteiger partial charge >= 0.3 is 0 Å². The van der Waals surface area contributed by atoms with Gasteiger partial charge < -0.3 is 10.2 Å². The number of hydrogen-bond acceptors (Lipinski definition) is 3. The number of carbonyl (C=O) groups excluding carboxylic acids is 1. The largest absolute Gasteiger partial charge is 0.332 e. The van der Waals surface area contributed by atoms with Gasteiger partial charge in [0.2, 0.25) is 0 Å². The van der Waals surface area contributed by atoms with Crippen LogP contribution >= 0.6 is 12.4 Å². The van der Waals surface area contributed by atoms with E-state index in [2.05, 4.69) is 29.2 Å². The lowest BCUT2D eigenvalue weighted by Gasteiger charge is -2.32. The Hall–Kier alpha value is -1.07. The van der Waals surface area contributed by atoms with E-state index in [0.717, 1.165) is 32.4 Å². The summed E-state index contributed by atoms with van der Waals surface area (Å²) in [7, 11) is 0. The second kappa shape index (κ2) is 8.15. The Morgan fingerprint density at radius 1 is 1.30 bits per heavy atom. The number of hydrogen-bond donors (Lipinski definition) is 1. The molecule has 2 heterocycles. The van der Waals surface area contributed by atoms with E-state index >= 15 is 0 Å². The molecule has 0 spiro atoms. The van der Waals surface area contributed by atoms with E-state index in [1.807, 2.05) is 16.9 Å². The van der Waals surface area contributed by atoms with E-state index in [1.54, 1.807) is 0 Å². The number of aromatic nitrogens is 2. The predicted octanol–water partition coefficient (Wildman–Crippen LogP) is 3.02. The molecule has 2 aliphatic rings. The van der Waals surface area contributed by atoms with Gasteiger partial charge in [-0.1, -0.05) is 12.8 Å². The quantitative estimate of drug-likeness (QED) is 0.916. The second-order valence-electron chi connectivity index (χ2n) is 6.93. The van der Waals surface area contributed by atoms with E-state index in [0.29, 0.717) is 17.8 Å². The lowest BCUT2D eigenvalue weighted by Crippen LogP contribution is -2.44. The first-order chi connectivity index (χ1) is 10.7. The molecule has 130 valence electrons. The van der Waals surface area contributed by atoms with Crippen molar-refractivity contribution in [1.29, 1.82) is 0 Å². The van der Waals surface area contributed by atoms with E-state index in [1.165, 1.54) is 19.3 Å². The minimum atomic E-state index is 0. The molecule has 1 aliphatic carbocycles. The first-order valence-electron chi connectivity index (χ1n) is 8.75. The van der Waals surface area contributed by atoms with Gasteiger partial charge in [0.25, 0.3) is 5.91 Å². The number of nitrogens with zero attached hydrogens (tertiary/aromatic N) is 3. The molecule has 0 radical (unpaired) electrons. The topological polar surface area (TPSA) is 50.2 Å². The molecule has 2 fully saturated rings. The number of nitrogens with one attached hydrogen (secondary N) is 1. The summed E-state index contributed by atoms with van der Waals surface area (Å²) in [5.74, 6) is 0.101. The Morgan fingerprint density at radius 3 is 2.65 bits per heavy atom. The smallest absolute Gasteiger partial charge is 0.274 e. The maximum atomic E-state index is 12.9. The highest BCUT2D eigenvalue weighted by Crippen LogP contribution is 2.26. The van der Waals surface area contributed by atoms with Crippen LogP contribution in [0.25, 0.3) is 0 Å². The third-order valence-electron chi connectivity index (χ3n) is 4.98. The van der Waals surface area contributed by atoms with Crippen molar-refractivity contribution in [2.75, 3.05) is 13.1 Å². The zero-order valence-electron chi connectivity index (χ0n) is 14.2. The van der Waals surface area contributed by atoms with Crippen molar-refractivity contribution >= 4 is 18.3 Å². The monoisotopic (exact) mass is 340 g/mol. The number of piperidine rings is 1. The maximum absolute atomic E-state index is 12.9. The Balaban J connectivity index is 0.00000192. The molecule has 3 rings (SSSR count). The molecule has 1 amide bonds. The fraction of sp³-hybridized carbons (Fsp3) is 0.765. The summed E-state index contributed by atoms with van der Waals surface area (Å²) >= 11 is 0. The maximum Gasteiger partial charge on any atom is 0.274 e. The average molecular weight is 341 g/mol. The number of carbonyl (C=O) groups is 1. The van der Waals surface area contributed by atoms with Gasteiger partial charge in [-0.05, 0) is 52.1 Å². The molecule has 1 aromatic rings. The van der Waals surface area contributed by atoms with Crippen molar-refractivity contribution in [2.45, 2.75) is 70.5 Å². The molecule has 1 N–H and O–H groups in total. The van der Waals surface area contributed by atoms with Gasteiger partial charge in [0, 0.05) is 24.8 Å². The van der Waals surface area contributed by atoms with Crippen molar-refractivity contribution in [1.82, 2.24) is 20.0 Å². The molecule has 23 heavy (non-hydrogen) atoms. The summed E-state index contributed by atoms with van der Waals surface area (Å²) in [4.78, 5) is 15.0. The standard InChI is InChI=1S/C17H28N4O.ClH/c1-13(2)21(14-6-3-4-7-14)17(22)16-9-11-20(19-16)15-8-5-10-18-12-15;/h9,11,13-15,18H,3-8,10,12H2,1-2H3;1H. The molecule has 0 bridgehead atoms. The Labute approximate surface area is 145 Å². The van der Waals surface area contributed by atoms with Crippen LogP contribution in [0.2, 0.25) is 0 Å². The van der Waals surface area contributed by atoms with Crippen LogP contribution < -0.4 is 5.32 Å². The summed E-state index contributed by atoms with van der Waals surface area (Å²) in [5.41, 5.74) is 0.603. The zero-order chi connectivity index (χ0) is 15.5. The van der Waals surface area contributed by atoms with Crippen LogP contribution in [0.5, 0.6) is 0 Å². The minimum Gasteiger partial charge on any atom is -0.332 e. The molecule has 1 aliphatic heterocycles. The first kappa shape index (κ1) is 18.3. The van der Waals surface area contributed by atoms with Crippen molar-refractivity contribution in [3.05, 3.63) is 18.0 Å². The molecule has 1 aromatic heterocycles. The fourth-order valence-electron chi connectivity index (χ4n) is 3.85. The van der Waals surface area contributed by atoms with E-state index < -0.39 is 0 Å². The number of amides is 1. The molecular weight excluding hydrogens is 312 g/mol. The summed E-state index contributed by atoms with van der Waals surface area (Å²) in [6, 6.07) is 2.90. The highest BCUT2D eigenvalue weighted by molar-refractivity contribution is 5.92. The molecule has 6 heteroatoms. The lowest BCUT2D eigenvalue weighted by atomic mass is 10.1. The van der Waals surface area contributed by atoms with Crippen LogP contribution in [0.4, 0.5) is 0 Å². The highest BCUT2D eigenvalue weighted by atomic mass is 35.5. The van der Waals surface area contributed by atoms with Crippen LogP contribution in [-0.4, -0.2) is 45.8 Å². The molecule has 5 nitrogen and oxygen atoms in total. The van der Waals surface area contributed by atoms with Crippen LogP contribution in [0.3, 0.4) is 0 Å². The summed E-state index contributed by atoms with van der Waals surface area (Å²) in [6.45, 7) is 6.26. The third-order valence-corrected chi connectivity index (χ3v) is 4.98. The van der Waals surface area contributed by atoms with Crippen molar-refractivity contribution < 1.29 is 4.79 Å². The summed E-state index contributed by atoms with van der Waals surface area (Å²) in [6.07, 6.45) is 9.03. The average Bonchev–Trinajstić information content (AvgIpc) is 3.19. The van der Waals surface area contributed by atoms with Gasteiger partial charge in [-0.15, -0.1) is 12.4 Å².